The maximum Gasteiger partial charge on any atom is 0.252 e. The van der Waals surface area contributed by atoms with E-state index in [1.807, 2.05) is 0 Å². The second-order valence-electron chi connectivity index (χ2n) is 3.17. The van der Waals surface area contributed by atoms with Gasteiger partial charge in [0, 0.05) is 12.3 Å². The highest BCUT2D eigenvalue weighted by Gasteiger charge is 2.45. The summed E-state index contributed by atoms with van der Waals surface area (Å²) >= 11 is 0. The van der Waals surface area contributed by atoms with Crippen molar-refractivity contribution < 1.29 is 9.59 Å². The second kappa shape index (κ2) is 4.97. The standard InChI is InChI=1S/C9H12N4O2/c1-2-6(3-7(12)14)9(4-10,5-11)8(13)15/h6H,2-3H2,1H3,(H2,12,14)(H2,13,15)/t6-/m0/s1. The molecule has 0 aliphatic heterocycles. The molecule has 0 saturated heterocycles. The van der Waals surface area contributed by atoms with Crippen molar-refractivity contribution in [2.24, 2.45) is 22.8 Å². The first-order chi connectivity index (χ1) is 6.94. The minimum atomic E-state index is -1.97. The van der Waals surface area contributed by atoms with E-state index in [0.717, 1.165) is 0 Å². The molecule has 0 aromatic carbocycles. The third kappa shape index (κ3) is 2.44. The molecule has 0 unspecified atom stereocenters. The molecule has 4 N–H and O–H groups in total. The molecule has 0 fully saturated rings. The van der Waals surface area contributed by atoms with E-state index in [2.05, 4.69) is 0 Å². The molecule has 15 heavy (non-hydrogen) atoms. The maximum atomic E-state index is 11.1. The summed E-state index contributed by atoms with van der Waals surface area (Å²) in [5, 5.41) is 17.7. The Labute approximate surface area is 87.4 Å². The van der Waals surface area contributed by atoms with E-state index < -0.39 is 23.1 Å². The summed E-state index contributed by atoms with van der Waals surface area (Å²) in [6.45, 7) is 1.65. The van der Waals surface area contributed by atoms with Gasteiger partial charge in [-0.3, -0.25) is 9.59 Å². The van der Waals surface area contributed by atoms with E-state index in [9.17, 15) is 9.59 Å². The normalized spacial score (nSPS) is 12.2. The van der Waals surface area contributed by atoms with E-state index >= 15 is 0 Å². The Hall–Kier alpha value is -2.08. The molecule has 80 valence electrons. The van der Waals surface area contributed by atoms with Gasteiger partial charge in [0.25, 0.3) is 5.91 Å². The zero-order valence-electron chi connectivity index (χ0n) is 8.36. The Morgan fingerprint density at radius 1 is 1.33 bits per heavy atom. The highest BCUT2D eigenvalue weighted by atomic mass is 16.1. The van der Waals surface area contributed by atoms with Crippen molar-refractivity contribution in [3.63, 3.8) is 0 Å². The van der Waals surface area contributed by atoms with Gasteiger partial charge in [-0.2, -0.15) is 10.5 Å². The van der Waals surface area contributed by atoms with Crippen LogP contribution in [0.3, 0.4) is 0 Å². The van der Waals surface area contributed by atoms with Gasteiger partial charge < -0.3 is 11.5 Å². The van der Waals surface area contributed by atoms with Crippen molar-refractivity contribution in [2.75, 3.05) is 0 Å². The molecule has 0 radical (unpaired) electrons. The van der Waals surface area contributed by atoms with Gasteiger partial charge in [0.15, 0.2) is 0 Å². The fraction of sp³-hybridized carbons (Fsp3) is 0.556. The molecule has 0 aromatic rings. The first-order valence-corrected chi connectivity index (χ1v) is 4.35. The molecule has 0 aliphatic rings. The number of primary amides is 2. The smallest absolute Gasteiger partial charge is 0.252 e. The quantitative estimate of drug-likeness (QED) is 0.624. The number of rotatable bonds is 5. The van der Waals surface area contributed by atoms with Crippen LogP contribution < -0.4 is 11.5 Å². The lowest BCUT2D eigenvalue weighted by Crippen LogP contribution is -2.42. The Morgan fingerprint density at radius 2 is 1.80 bits per heavy atom. The number of nitrogens with two attached hydrogens (primary N) is 2. The van der Waals surface area contributed by atoms with Crippen molar-refractivity contribution in [2.45, 2.75) is 19.8 Å². The van der Waals surface area contributed by atoms with Gasteiger partial charge in [-0.25, -0.2) is 0 Å². The molecule has 0 rings (SSSR count). The lowest BCUT2D eigenvalue weighted by atomic mass is 9.74. The summed E-state index contributed by atoms with van der Waals surface area (Å²) in [5.41, 5.74) is 8.01. The molecule has 0 bridgehead atoms. The number of amides is 2. The van der Waals surface area contributed by atoms with Gasteiger partial charge in [0.1, 0.15) is 0 Å². The minimum Gasteiger partial charge on any atom is -0.370 e. The Morgan fingerprint density at radius 3 is 2.00 bits per heavy atom. The third-order valence-electron chi connectivity index (χ3n) is 2.29. The van der Waals surface area contributed by atoms with Crippen LogP contribution in [0, 0.1) is 34.0 Å². The lowest BCUT2D eigenvalue weighted by molar-refractivity contribution is -0.126. The van der Waals surface area contributed by atoms with Crippen LogP contribution in [0.15, 0.2) is 0 Å². The summed E-state index contributed by atoms with van der Waals surface area (Å²) in [6.07, 6.45) is 0.0908. The van der Waals surface area contributed by atoms with Crippen molar-refractivity contribution in [3.8, 4) is 12.1 Å². The zero-order valence-corrected chi connectivity index (χ0v) is 8.36. The van der Waals surface area contributed by atoms with Crippen molar-refractivity contribution in [1.29, 1.82) is 10.5 Å². The topological polar surface area (TPSA) is 134 Å². The molecular formula is C9H12N4O2. The summed E-state index contributed by atoms with van der Waals surface area (Å²) in [6, 6.07) is 3.16. The van der Waals surface area contributed by atoms with Gasteiger partial charge in [-0.05, 0) is 6.42 Å². The van der Waals surface area contributed by atoms with Crippen LogP contribution in [0.5, 0.6) is 0 Å². The largest absolute Gasteiger partial charge is 0.370 e. The molecule has 2 amide bonds. The number of hydrogen-bond acceptors (Lipinski definition) is 4. The monoisotopic (exact) mass is 208 g/mol. The van der Waals surface area contributed by atoms with Crippen molar-refractivity contribution in [1.82, 2.24) is 0 Å². The Bertz CT molecular complexity index is 336. The van der Waals surface area contributed by atoms with Crippen LogP contribution in [0.25, 0.3) is 0 Å². The predicted molar refractivity (Wildman–Crippen MR) is 50.4 cm³/mol. The van der Waals surface area contributed by atoms with E-state index in [-0.39, 0.29) is 6.42 Å². The van der Waals surface area contributed by atoms with Gasteiger partial charge in [0.2, 0.25) is 11.3 Å². The van der Waals surface area contributed by atoms with Crippen LogP contribution in [0.1, 0.15) is 19.8 Å². The first-order valence-electron chi connectivity index (χ1n) is 4.35. The van der Waals surface area contributed by atoms with E-state index in [1.54, 1.807) is 19.1 Å². The number of nitriles is 2. The summed E-state index contributed by atoms with van der Waals surface area (Å²) < 4.78 is 0. The Kier molecular flexibility index (Phi) is 4.28. The van der Waals surface area contributed by atoms with E-state index in [4.69, 9.17) is 22.0 Å². The number of carbonyl (C=O) groups excluding carboxylic acids is 2. The van der Waals surface area contributed by atoms with Gasteiger partial charge in [-0.15, -0.1) is 0 Å². The van der Waals surface area contributed by atoms with Crippen LogP contribution >= 0.6 is 0 Å². The summed E-state index contributed by atoms with van der Waals surface area (Å²) in [5.74, 6) is -2.47. The third-order valence-corrected chi connectivity index (χ3v) is 2.29. The van der Waals surface area contributed by atoms with Gasteiger partial charge in [-0.1, -0.05) is 6.92 Å². The molecule has 1 atom stereocenters. The SMILES string of the molecule is CC[C@@H](CC(N)=O)C(C#N)(C#N)C(N)=O. The van der Waals surface area contributed by atoms with Gasteiger partial charge in [0.05, 0.1) is 12.1 Å². The average molecular weight is 208 g/mol. The fourth-order valence-electron chi connectivity index (χ4n) is 1.37. The van der Waals surface area contributed by atoms with Gasteiger partial charge >= 0.3 is 0 Å². The summed E-state index contributed by atoms with van der Waals surface area (Å²) in [7, 11) is 0. The highest BCUT2D eigenvalue weighted by Crippen LogP contribution is 2.31. The van der Waals surface area contributed by atoms with Crippen molar-refractivity contribution >= 4 is 11.8 Å². The van der Waals surface area contributed by atoms with Crippen LogP contribution in [0.4, 0.5) is 0 Å². The molecule has 0 aromatic heterocycles. The second-order valence-corrected chi connectivity index (χ2v) is 3.17. The van der Waals surface area contributed by atoms with Crippen molar-refractivity contribution in [3.05, 3.63) is 0 Å². The van der Waals surface area contributed by atoms with Crippen LogP contribution in [0.2, 0.25) is 0 Å². The molecule has 0 heterocycles. The fourth-order valence-corrected chi connectivity index (χ4v) is 1.37. The maximum absolute atomic E-state index is 11.1. The lowest BCUT2D eigenvalue weighted by Gasteiger charge is -2.23. The number of nitrogens with zero attached hydrogens (tertiary/aromatic N) is 2. The average Bonchev–Trinajstić information content (AvgIpc) is 2.17. The number of carbonyl (C=O) groups is 2. The Balaban J connectivity index is 5.24. The minimum absolute atomic E-state index is 0.208. The molecule has 0 spiro atoms. The highest BCUT2D eigenvalue weighted by molar-refractivity contribution is 5.88. The molecular weight excluding hydrogens is 196 g/mol. The molecule has 0 aliphatic carbocycles. The first kappa shape index (κ1) is 12.9. The zero-order chi connectivity index (χ0) is 12.1. The van der Waals surface area contributed by atoms with E-state index in [0.29, 0.717) is 6.42 Å². The predicted octanol–water partition coefficient (Wildman–Crippen LogP) is -0.593. The van der Waals surface area contributed by atoms with Crippen LogP contribution in [-0.4, -0.2) is 11.8 Å². The van der Waals surface area contributed by atoms with E-state index in [1.165, 1.54) is 0 Å². The molecule has 0 saturated carbocycles. The summed E-state index contributed by atoms with van der Waals surface area (Å²) in [4.78, 5) is 21.8. The molecule has 6 heteroatoms. The molecule has 6 nitrogen and oxygen atoms in total. The van der Waals surface area contributed by atoms with Crippen LogP contribution in [-0.2, 0) is 9.59 Å². The number of hydrogen-bond donors (Lipinski definition) is 2.